The summed E-state index contributed by atoms with van der Waals surface area (Å²) in [5.74, 6) is 0.412. The van der Waals surface area contributed by atoms with Gasteiger partial charge >= 0.3 is 0 Å². The summed E-state index contributed by atoms with van der Waals surface area (Å²) in [5.41, 5.74) is 0. The van der Waals surface area contributed by atoms with Gasteiger partial charge in [-0.2, -0.15) is 0 Å². The van der Waals surface area contributed by atoms with Gasteiger partial charge in [-0.25, -0.2) is 13.6 Å². The SMILES string of the molecule is Cc1sc(C(=O)N2CCC(C)C2)cc1S(N)(=O)=O. The number of nitrogens with zero attached hydrogens (tertiary/aromatic N) is 1. The topological polar surface area (TPSA) is 80.5 Å². The summed E-state index contributed by atoms with van der Waals surface area (Å²) < 4.78 is 22.6. The van der Waals surface area contributed by atoms with Crippen molar-refractivity contribution in [3.63, 3.8) is 0 Å². The number of rotatable bonds is 2. The van der Waals surface area contributed by atoms with Gasteiger partial charge in [0.15, 0.2) is 0 Å². The minimum Gasteiger partial charge on any atom is -0.338 e. The van der Waals surface area contributed by atoms with Crippen molar-refractivity contribution < 1.29 is 13.2 Å². The van der Waals surface area contributed by atoms with E-state index in [1.165, 1.54) is 17.4 Å². The number of thiophene rings is 1. The van der Waals surface area contributed by atoms with Gasteiger partial charge in [-0.15, -0.1) is 11.3 Å². The van der Waals surface area contributed by atoms with Crippen LogP contribution in [-0.2, 0) is 10.0 Å². The van der Waals surface area contributed by atoms with Crippen LogP contribution >= 0.6 is 11.3 Å². The van der Waals surface area contributed by atoms with Crippen molar-refractivity contribution in [3.8, 4) is 0 Å². The Morgan fingerprint density at radius 3 is 2.67 bits per heavy atom. The molecule has 1 aliphatic heterocycles. The number of nitrogens with two attached hydrogens (primary N) is 1. The van der Waals surface area contributed by atoms with E-state index >= 15 is 0 Å². The second kappa shape index (κ2) is 4.64. The van der Waals surface area contributed by atoms with E-state index in [-0.39, 0.29) is 10.8 Å². The van der Waals surface area contributed by atoms with E-state index in [1.54, 1.807) is 11.8 Å². The van der Waals surface area contributed by atoms with Gasteiger partial charge in [-0.3, -0.25) is 4.79 Å². The molecule has 2 heterocycles. The number of carbonyl (C=O) groups excluding carboxylic acids is 1. The van der Waals surface area contributed by atoms with Gasteiger partial charge in [0.25, 0.3) is 5.91 Å². The van der Waals surface area contributed by atoms with Crippen molar-refractivity contribution >= 4 is 27.3 Å². The zero-order valence-electron chi connectivity index (χ0n) is 10.3. The van der Waals surface area contributed by atoms with Crippen molar-refractivity contribution in [2.45, 2.75) is 25.2 Å². The summed E-state index contributed by atoms with van der Waals surface area (Å²) >= 11 is 1.19. The highest BCUT2D eigenvalue weighted by molar-refractivity contribution is 7.89. The number of sulfonamides is 1. The lowest BCUT2D eigenvalue weighted by Crippen LogP contribution is -2.27. The molecule has 7 heteroatoms. The Balaban J connectivity index is 2.27. The molecule has 2 rings (SSSR count). The van der Waals surface area contributed by atoms with Gasteiger partial charge in [0.05, 0.1) is 9.77 Å². The summed E-state index contributed by atoms with van der Waals surface area (Å²) in [5, 5.41) is 5.10. The van der Waals surface area contributed by atoms with Crippen LogP contribution in [0.2, 0.25) is 0 Å². The summed E-state index contributed by atoms with van der Waals surface area (Å²) in [4.78, 5) is 15.0. The lowest BCUT2D eigenvalue weighted by atomic mass is 10.2. The molecule has 0 aromatic carbocycles. The van der Waals surface area contributed by atoms with Crippen molar-refractivity contribution in [1.82, 2.24) is 4.90 Å². The van der Waals surface area contributed by atoms with Crippen LogP contribution in [0.1, 0.15) is 27.9 Å². The molecule has 0 radical (unpaired) electrons. The molecule has 0 saturated carbocycles. The minimum atomic E-state index is -3.74. The van der Waals surface area contributed by atoms with Crippen LogP contribution < -0.4 is 5.14 Å². The van der Waals surface area contributed by atoms with E-state index in [9.17, 15) is 13.2 Å². The molecule has 0 bridgehead atoms. The molecule has 1 saturated heterocycles. The molecule has 1 aliphatic rings. The van der Waals surface area contributed by atoms with E-state index in [0.717, 1.165) is 19.5 Å². The normalized spacial score (nSPS) is 20.4. The van der Waals surface area contributed by atoms with Gasteiger partial charge in [0.1, 0.15) is 0 Å². The Hall–Kier alpha value is -0.920. The molecule has 5 nitrogen and oxygen atoms in total. The Labute approximate surface area is 111 Å². The molecule has 1 atom stereocenters. The third-order valence-corrected chi connectivity index (χ3v) is 5.31. The van der Waals surface area contributed by atoms with Crippen molar-refractivity contribution in [2.24, 2.45) is 11.1 Å². The fraction of sp³-hybridized carbons (Fsp3) is 0.545. The number of amides is 1. The standard InChI is InChI=1S/C11H16N2O3S2/c1-7-3-4-13(6-7)11(14)9-5-10(8(2)17-9)18(12,15)16/h5,7H,3-4,6H2,1-2H3,(H2,12,15,16). The number of likely N-dealkylation sites (tertiary alicyclic amines) is 1. The lowest BCUT2D eigenvalue weighted by Gasteiger charge is -2.14. The smallest absolute Gasteiger partial charge is 0.263 e. The average molecular weight is 288 g/mol. The lowest BCUT2D eigenvalue weighted by molar-refractivity contribution is 0.0792. The number of hydrogen-bond donors (Lipinski definition) is 1. The highest BCUT2D eigenvalue weighted by Crippen LogP contribution is 2.27. The fourth-order valence-electron chi connectivity index (χ4n) is 2.13. The molecular formula is C11H16N2O3S2. The first-order valence-electron chi connectivity index (χ1n) is 5.71. The van der Waals surface area contributed by atoms with E-state index in [0.29, 0.717) is 15.7 Å². The van der Waals surface area contributed by atoms with Crippen molar-refractivity contribution in [2.75, 3.05) is 13.1 Å². The van der Waals surface area contributed by atoms with E-state index in [2.05, 4.69) is 6.92 Å². The predicted octanol–water partition coefficient (Wildman–Crippen LogP) is 1.19. The monoisotopic (exact) mass is 288 g/mol. The Kier molecular flexibility index (Phi) is 3.48. The van der Waals surface area contributed by atoms with Gasteiger partial charge in [-0.1, -0.05) is 6.92 Å². The molecule has 2 N–H and O–H groups in total. The maximum Gasteiger partial charge on any atom is 0.263 e. The van der Waals surface area contributed by atoms with Crippen LogP contribution in [0.4, 0.5) is 0 Å². The van der Waals surface area contributed by atoms with Gasteiger partial charge in [0.2, 0.25) is 10.0 Å². The third-order valence-electron chi connectivity index (χ3n) is 3.10. The Bertz CT molecular complexity index is 577. The first-order valence-corrected chi connectivity index (χ1v) is 8.08. The Morgan fingerprint density at radius 1 is 1.56 bits per heavy atom. The largest absolute Gasteiger partial charge is 0.338 e. The molecule has 1 aromatic heterocycles. The first kappa shape index (κ1) is 13.5. The summed E-state index contributed by atoms with van der Waals surface area (Å²) in [6, 6.07) is 1.39. The van der Waals surface area contributed by atoms with E-state index in [1.807, 2.05) is 0 Å². The molecule has 1 aromatic rings. The quantitative estimate of drug-likeness (QED) is 0.887. The molecule has 0 spiro atoms. The molecule has 1 fully saturated rings. The number of primary sulfonamides is 1. The second-order valence-electron chi connectivity index (χ2n) is 4.72. The maximum absolute atomic E-state index is 12.2. The average Bonchev–Trinajstić information content (AvgIpc) is 2.82. The first-order chi connectivity index (χ1) is 8.29. The van der Waals surface area contributed by atoms with E-state index < -0.39 is 10.0 Å². The number of aryl methyl sites for hydroxylation is 1. The molecule has 100 valence electrons. The maximum atomic E-state index is 12.2. The summed E-state index contributed by atoms with van der Waals surface area (Å²) in [7, 11) is -3.74. The second-order valence-corrected chi connectivity index (χ2v) is 7.51. The van der Waals surface area contributed by atoms with Crippen LogP contribution in [0.5, 0.6) is 0 Å². The number of hydrogen-bond acceptors (Lipinski definition) is 4. The minimum absolute atomic E-state index is 0.0584. The van der Waals surface area contributed by atoms with Gasteiger partial charge in [0, 0.05) is 18.0 Å². The summed E-state index contributed by atoms with van der Waals surface area (Å²) in [6.45, 7) is 5.23. The van der Waals surface area contributed by atoms with Crippen molar-refractivity contribution in [1.29, 1.82) is 0 Å². The zero-order valence-corrected chi connectivity index (χ0v) is 12.0. The predicted molar refractivity (Wildman–Crippen MR) is 70.1 cm³/mol. The summed E-state index contributed by atoms with van der Waals surface area (Å²) in [6.07, 6.45) is 0.998. The Morgan fingerprint density at radius 2 is 2.22 bits per heavy atom. The van der Waals surface area contributed by atoms with E-state index in [4.69, 9.17) is 5.14 Å². The van der Waals surface area contributed by atoms with Gasteiger partial charge < -0.3 is 4.90 Å². The van der Waals surface area contributed by atoms with Crippen LogP contribution in [0.15, 0.2) is 11.0 Å². The number of carbonyl (C=O) groups is 1. The third kappa shape index (κ3) is 2.57. The highest BCUT2D eigenvalue weighted by Gasteiger charge is 2.27. The molecule has 1 amide bonds. The molecule has 0 aliphatic carbocycles. The van der Waals surface area contributed by atoms with Crippen LogP contribution in [-0.4, -0.2) is 32.3 Å². The van der Waals surface area contributed by atoms with Crippen LogP contribution in [0, 0.1) is 12.8 Å². The van der Waals surface area contributed by atoms with Crippen molar-refractivity contribution in [3.05, 3.63) is 15.8 Å². The fourth-order valence-corrected chi connectivity index (χ4v) is 4.24. The molecule has 1 unspecified atom stereocenters. The van der Waals surface area contributed by atoms with Gasteiger partial charge in [-0.05, 0) is 25.3 Å². The van der Waals surface area contributed by atoms with Crippen LogP contribution in [0.3, 0.4) is 0 Å². The van der Waals surface area contributed by atoms with Crippen LogP contribution in [0.25, 0.3) is 0 Å². The molecular weight excluding hydrogens is 272 g/mol. The molecule has 18 heavy (non-hydrogen) atoms. The zero-order chi connectivity index (χ0) is 13.5. The highest BCUT2D eigenvalue weighted by atomic mass is 32.2.